The van der Waals surface area contributed by atoms with Crippen LogP contribution in [0.15, 0.2) is 23.1 Å². The number of thiazole rings is 1. The predicted molar refractivity (Wildman–Crippen MR) is 132 cm³/mol. The van der Waals surface area contributed by atoms with Crippen LogP contribution in [0.2, 0.25) is 0 Å². The lowest BCUT2D eigenvalue weighted by molar-refractivity contribution is -0.154. The second kappa shape index (κ2) is 12.0. The van der Waals surface area contributed by atoms with Gasteiger partial charge >= 0.3 is 5.97 Å². The summed E-state index contributed by atoms with van der Waals surface area (Å²) in [6.45, 7) is 10.8. The van der Waals surface area contributed by atoms with E-state index in [1.54, 1.807) is 32.1 Å². The normalized spacial score (nSPS) is 31.8. The van der Waals surface area contributed by atoms with E-state index < -0.39 is 35.6 Å². The van der Waals surface area contributed by atoms with Crippen LogP contribution in [-0.2, 0) is 14.3 Å². The molecule has 0 aromatic carbocycles. The average Bonchev–Trinajstić information content (AvgIpc) is 3.16. The van der Waals surface area contributed by atoms with Gasteiger partial charge in [0.05, 0.1) is 34.7 Å². The van der Waals surface area contributed by atoms with Gasteiger partial charge in [0, 0.05) is 17.7 Å². The van der Waals surface area contributed by atoms with Gasteiger partial charge in [0.25, 0.3) is 0 Å². The molecule has 0 radical (unpaired) electrons. The minimum atomic E-state index is -1.21. The zero-order valence-electron chi connectivity index (χ0n) is 20.7. The number of hydrogen-bond acceptors (Lipinski definition) is 7. The molecule has 0 fully saturated rings. The van der Waals surface area contributed by atoms with Gasteiger partial charge in [0.2, 0.25) is 0 Å². The summed E-state index contributed by atoms with van der Waals surface area (Å²) in [7, 11) is 0. The van der Waals surface area contributed by atoms with Crippen molar-refractivity contribution in [3.05, 3.63) is 33.8 Å². The fourth-order valence-electron chi connectivity index (χ4n) is 4.18. The van der Waals surface area contributed by atoms with Crippen LogP contribution in [0, 0.1) is 24.2 Å². The Labute approximate surface area is 201 Å². The third kappa shape index (κ3) is 7.59. The summed E-state index contributed by atoms with van der Waals surface area (Å²) in [6, 6.07) is 0. The smallest absolute Gasteiger partial charge is 0.309 e. The van der Waals surface area contributed by atoms with Gasteiger partial charge in [-0.05, 0) is 50.7 Å². The number of rotatable bonds is 2. The van der Waals surface area contributed by atoms with Crippen molar-refractivity contribution in [1.29, 1.82) is 0 Å². The number of hydrogen-bond donors (Lipinski definition) is 2. The zero-order chi connectivity index (χ0) is 24.8. The van der Waals surface area contributed by atoms with E-state index in [9.17, 15) is 19.8 Å². The number of aromatic nitrogens is 1. The van der Waals surface area contributed by atoms with E-state index in [0.29, 0.717) is 6.42 Å². The molecule has 1 aliphatic heterocycles. The van der Waals surface area contributed by atoms with Crippen LogP contribution in [0.25, 0.3) is 6.08 Å². The number of nitrogens with zero attached hydrogens (tertiary/aromatic N) is 1. The van der Waals surface area contributed by atoms with Crippen molar-refractivity contribution in [3.8, 4) is 0 Å². The van der Waals surface area contributed by atoms with E-state index in [2.05, 4.69) is 11.1 Å². The summed E-state index contributed by atoms with van der Waals surface area (Å²) in [5.41, 5.74) is 0.513. The molecule has 184 valence electrons. The molecule has 1 aliphatic rings. The van der Waals surface area contributed by atoms with Gasteiger partial charge < -0.3 is 14.9 Å². The van der Waals surface area contributed by atoms with Crippen LogP contribution in [0.5, 0.6) is 0 Å². The first kappa shape index (κ1) is 27.4. The summed E-state index contributed by atoms with van der Waals surface area (Å²) in [5, 5.41) is 24.4. The molecule has 7 heteroatoms. The quantitative estimate of drug-likeness (QED) is 0.466. The number of esters is 1. The number of Topliss-reactive ketones (excluding diaryl/α,β-unsaturated/α-hetero) is 1. The number of carbonyl (C=O) groups is 2. The van der Waals surface area contributed by atoms with Crippen molar-refractivity contribution in [2.75, 3.05) is 0 Å². The fraction of sp³-hybridized carbons (Fsp3) is 0.654. The fourth-order valence-corrected chi connectivity index (χ4v) is 4.75. The first-order valence-electron chi connectivity index (χ1n) is 11.8. The van der Waals surface area contributed by atoms with Gasteiger partial charge in [0.1, 0.15) is 11.9 Å². The van der Waals surface area contributed by atoms with Crippen LogP contribution in [0.1, 0.15) is 77.4 Å². The number of carbonyl (C=O) groups excluding carboxylic acids is 2. The molecule has 0 saturated heterocycles. The Hall–Kier alpha value is -1.83. The second-order valence-electron chi connectivity index (χ2n) is 9.86. The van der Waals surface area contributed by atoms with Gasteiger partial charge in [-0.15, -0.1) is 11.3 Å². The molecule has 5 atom stereocenters. The molecule has 2 heterocycles. The van der Waals surface area contributed by atoms with Crippen molar-refractivity contribution < 1.29 is 24.5 Å². The molecule has 33 heavy (non-hydrogen) atoms. The van der Waals surface area contributed by atoms with Crippen LogP contribution >= 0.6 is 11.3 Å². The molecule has 6 nitrogen and oxygen atoms in total. The number of aliphatic hydroxyl groups is 2. The van der Waals surface area contributed by atoms with Gasteiger partial charge in [-0.25, -0.2) is 4.98 Å². The summed E-state index contributed by atoms with van der Waals surface area (Å²) >= 11 is 1.56. The zero-order valence-corrected chi connectivity index (χ0v) is 21.5. The summed E-state index contributed by atoms with van der Waals surface area (Å²) in [4.78, 5) is 30.3. The number of ketones is 1. The van der Waals surface area contributed by atoms with Crippen molar-refractivity contribution in [2.24, 2.45) is 17.3 Å². The highest BCUT2D eigenvalue weighted by Crippen LogP contribution is 2.32. The van der Waals surface area contributed by atoms with Crippen molar-refractivity contribution in [3.63, 3.8) is 0 Å². The molecule has 0 saturated carbocycles. The standard InChI is InChI=1S/C26H39NO5S/c1-16-11-9-7-8-10-12-21(17(2)13-20-15-33-19(4)27-20)32-23(29)14-22(28)26(5,6)25(31)18(3)24(16)30/h8,10,13,15-16,18,21-22,24,28,30H,7,9,11-12,14H2,1-6H3/b10-8+,17-13+/t16-,18-,21+,22-,24+/m0/s1. The summed E-state index contributed by atoms with van der Waals surface area (Å²) in [6.07, 6.45) is 6.28. The molecule has 0 unspecified atom stereocenters. The van der Waals surface area contributed by atoms with Gasteiger partial charge in [-0.1, -0.05) is 39.8 Å². The molecule has 1 aromatic rings. The maximum Gasteiger partial charge on any atom is 0.309 e. The van der Waals surface area contributed by atoms with Crippen LogP contribution in [0.3, 0.4) is 0 Å². The highest BCUT2D eigenvalue weighted by molar-refractivity contribution is 7.09. The average molecular weight is 478 g/mol. The van der Waals surface area contributed by atoms with Crippen molar-refractivity contribution >= 4 is 29.2 Å². The summed E-state index contributed by atoms with van der Waals surface area (Å²) in [5.74, 6) is -1.48. The number of ether oxygens (including phenoxy) is 1. The van der Waals surface area contributed by atoms with Gasteiger partial charge in [-0.2, -0.15) is 0 Å². The molecule has 0 bridgehead atoms. The second-order valence-corrected chi connectivity index (χ2v) is 10.9. The number of aliphatic hydroxyl groups excluding tert-OH is 2. The van der Waals surface area contributed by atoms with E-state index in [0.717, 1.165) is 35.5 Å². The Balaban J connectivity index is 2.27. The Kier molecular flexibility index (Phi) is 10.0. The van der Waals surface area contributed by atoms with Crippen molar-refractivity contribution in [1.82, 2.24) is 4.98 Å². The lowest BCUT2D eigenvalue weighted by Crippen LogP contribution is -2.45. The van der Waals surface area contributed by atoms with E-state index in [1.807, 2.05) is 38.3 Å². The predicted octanol–water partition coefficient (Wildman–Crippen LogP) is 4.88. The minimum absolute atomic E-state index is 0.0392. The highest BCUT2D eigenvalue weighted by atomic mass is 32.1. The molecular weight excluding hydrogens is 438 g/mol. The minimum Gasteiger partial charge on any atom is -0.457 e. The Morgan fingerprint density at radius 2 is 1.94 bits per heavy atom. The Morgan fingerprint density at radius 3 is 2.58 bits per heavy atom. The van der Waals surface area contributed by atoms with E-state index >= 15 is 0 Å². The van der Waals surface area contributed by atoms with Crippen molar-refractivity contribution in [2.45, 2.75) is 92.0 Å². The molecule has 2 N–H and O–H groups in total. The SMILES string of the molecule is C/C(=C\c1csc(C)n1)[C@H]1C/C=C/CCC[C@H](C)[C@@H](O)[C@H](C)C(=O)C(C)(C)[C@@H](O)CC(=O)O1. The van der Waals surface area contributed by atoms with Crippen LogP contribution < -0.4 is 0 Å². The maximum absolute atomic E-state index is 13.1. The third-order valence-corrected chi connectivity index (χ3v) is 7.47. The topological polar surface area (TPSA) is 96.7 Å². The van der Waals surface area contributed by atoms with Crippen LogP contribution in [0.4, 0.5) is 0 Å². The van der Waals surface area contributed by atoms with E-state index in [-0.39, 0.29) is 18.1 Å². The largest absolute Gasteiger partial charge is 0.457 e. The van der Waals surface area contributed by atoms with Gasteiger partial charge in [0.15, 0.2) is 0 Å². The van der Waals surface area contributed by atoms with Crippen LogP contribution in [-0.4, -0.2) is 45.3 Å². The highest BCUT2D eigenvalue weighted by Gasteiger charge is 2.42. The molecule has 1 aromatic heterocycles. The Morgan fingerprint density at radius 1 is 1.24 bits per heavy atom. The molecule has 2 rings (SSSR count). The van der Waals surface area contributed by atoms with E-state index in [1.165, 1.54) is 0 Å². The molecule has 0 aliphatic carbocycles. The lowest BCUT2D eigenvalue weighted by Gasteiger charge is -2.34. The molecule has 0 amide bonds. The monoisotopic (exact) mass is 477 g/mol. The number of allylic oxidation sites excluding steroid dienone is 1. The molecule has 0 spiro atoms. The number of aryl methyl sites for hydroxylation is 1. The van der Waals surface area contributed by atoms with Gasteiger partial charge in [-0.3, -0.25) is 9.59 Å². The third-order valence-electron chi connectivity index (χ3n) is 6.68. The summed E-state index contributed by atoms with van der Waals surface area (Å²) < 4.78 is 5.75. The molecular formula is C26H39NO5S. The Bertz CT molecular complexity index is 872. The lowest BCUT2D eigenvalue weighted by atomic mass is 9.73. The first-order chi connectivity index (χ1) is 15.4. The maximum atomic E-state index is 13.1. The number of cyclic esters (lactones) is 1. The van der Waals surface area contributed by atoms with E-state index in [4.69, 9.17) is 4.74 Å². The first-order valence-corrected chi connectivity index (χ1v) is 12.7.